The van der Waals surface area contributed by atoms with Gasteiger partial charge < -0.3 is 10.2 Å². The van der Waals surface area contributed by atoms with Gasteiger partial charge in [0, 0.05) is 12.7 Å². The number of nitrogens with zero attached hydrogens (tertiary/aromatic N) is 3. The van der Waals surface area contributed by atoms with E-state index >= 15 is 0 Å². The monoisotopic (exact) mass is 334 g/mol. The fourth-order valence-electron chi connectivity index (χ4n) is 3.18. The Hall–Kier alpha value is -1.11. The van der Waals surface area contributed by atoms with Crippen molar-refractivity contribution in [3.8, 4) is 0 Å². The fourth-order valence-corrected chi connectivity index (χ4v) is 4.23. The molecule has 3 rings (SSSR count). The summed E-state index contributed by atoms with van der Waals surface area (Å²) < 4.78 is 0. The maximum Gasteiger partial charge on any atom is 0.235 e. The zero-order valence-electron chi connectivity index (χ0n) is 13.6. The van der Waals surface area contributed by atoms with Gasteiger partial charge in [-0.15, -0.1) is 0 Å². The molecule has 1 unspecified atom stereocenters. The molecule has 6 heteroatoms. The third-order valence-electron chi connectivity index (χ3n) is 4.49. The molecule has 23 heavy (non-hydrogen) atoms. The zero-order valence-corrected chi connectivity index (χ0v) is 14.4. The van der Waals surface area contributed by atoms with Crippen LogP contribution in [0, 0.1) is 0 Å². The lowest BCUT2D eigenvalue weighted by molar-refractivity contribution is -0.121. The van der Waals surface area contributed by atoms with Gasteiger partial charge >= 0.3 is 0 Å². The van der Waals surface area contributed by atoms with Gasteiger partial charge in [0.15, 0.2) is 0 Å². The van der Waals surface area contributed by atoms with Crippen LogP contribution in [-0.2, 0) is 4.79 Å². The molecule has 1 atom stereocenters. The number of carbonyl (C=O) groups excluding carboxylic acids is 1. The molecule has 5 nitrogen and oxygen atoms in total. The normalized spacial score (nSPS) is 20.7. The van der Waals surface area contributed by atoms with E-state index in [0.717, 1.165) is 37.7 Å². The first-order valence-electron chi connectivity index (χ1n) is 8.61. The molecule has 0 saturated carbocycles. The van der Waals surface area contributed by atoms with Crippen LogP contribution >= 0.6 is 11.8 Å². The molecule has 3 heterocycles. The first-order chi connectivity index (χ1) is 11.3. The van der Waals surface area contributed by atoms with Gasteiger partial charge in [-0.2, -0.15) is 0 Å². The lowest BCUT2D eigenvalue weighted by Crippen LogP contribution is -2.44. The van der Waals surface area contributed by atoms with Crippen molar-refractivity contribution in [2.75, 3.05) is 39.4 Å². The molecule has 0 spiro atoms. The van der Waals surface area contributed by atoms with Gasteiger partial charge in [-0.25, -0.2) is 4.98 Å². The van der Waals surface area contributed by atoms with E-state index in [4.69, 9.17) is 0 Å². The van der Waals surface area contributed by atoms with E-state index in [0.29, 0.717) is 6.67 Å². The Balaban J connectivity index is 1.57. The minimum atomic E-state index is -0.0920. The van der Waals surface area contributed by atoms with Crippen molar-refractivity contribution in [1.82, 2.24) is 20.1 Å². The third kappa shape index (κ3) is 5.19. The van der Waals surface area contributed by atoms with Crippen LogP contribution in [0.4, 0.5) is 0 Å². The van der Waals surface area contributed by atoms with Crippen LogP contribution in [0.15, 0.2) is 29.4 Å². The molecule has 2 fully saturated rings. The van der Waals surface area contributed by atoms with Crippen LogP contribution in [0.5, 0.6) is 0 Å². The van der Waals surface area contributed by atoms with Crippen molar-refractivity contribution >= 4 is 17.7 Å². The maximum absolute atomic E-state index is 12.7. The minimum absolute atomic E-state index is 0.0920. The fraction of sp³-hybridized carbons (Fsp3) is 0.647. The van der Waals surface area contributed by atoms with Gasteiger partial charge in [0.25, 0.3) is 0 Å². The third-order valence-corrected chi connectivity index (χ3v) is 5.62. The lowest BCUT2D eigenvalue weighted by atomic mass is 10.3. The van der Waals surface area contributed by atoms with Crippen molar-refractivity contribution in [3.63, 3.8) is 0 Å². The molecule has 1 amide bonds. The predicted octanol–water partition coefficient (Wildman–Crippen LogP) is 1.81. The van der Waals surface area contributed by atoms with Crippen LogP contribution in [0.2, 0.25) is 0 Å². The van der Waals surface area contributed by atoms with Gasteiger partial charge in [-0.1, -0.05) is 17.8 Å². The minimum Gasteiger partial charge on any atom is -0.342 e. The van der Waals surface area contributed by atoms with Crippen LogP contribution < -0.4 is 5.32 Å². The van der Waals surface area contributed by atoms with Gasteiger partial charge in [-0.3, -0.25) is 9.69 Å². The van der Waals surface area contributed by atoms with E-state index < -0.39 is 0 Å². The van der Waals surface area contributed by atoms with E-state index in [-0.39, 0.29) is 11.2 Å². The molecule has 2 aliphatic heterocycles. The van der Waals surface area contributed by atoms with E-state index in [1.165, 1.54) is 25.7 Å². The molecule has 2 saturated heterocycles. The zero-order chi connectivity index (χ0) is 15.9. The number of hydrogen-bond donors (Lipinski definition) is 1. The maximum atomic E-state index is 12.7. The summed E-state index contributed by atoms with van der Waals surface area (Å²) in [5, 5.41) is 3.96. The molecular weight excluding hydrogens is 308 g/mol. The summed E-state index contributed by atoms with van der Waals surface area (Å²) >= 11 is 1.58. The number of carbonyl (C=O) groups is 1. The number of nitrogens with one attached hydrogen (secondary N) is 1. The quantitative estimate of drug-likeness (QED) is 0.771. The Morgan fingerprint density at radius 3 is 2.48 bits per heavy atom. The highest BCUT2D eigenvalue weighted by Gasteiger charge is 2.25. The highest BCUT2D eigenvalue weighted by molar-refractivity contribution is 8.00. The molecule has 0 radical (unpaired) electrons. The number of hydrogen-bond acceptors (Lipinski definition) is 5. The predicted molar refractivity (Wildman–Crippen MR) is 93.4 cm³/mol. The number of pyridine rings is 1. The summed E-state index contributed by atoms with van der Waals surface area (Å²) in [6.45, 7) is 5.91. The van der Waals surface area contributed by atoms with Crippen LogP contribution in [-0.4, -0.2) is 65.3 Å². The van der Waals surface area contributed by atoms with Gasteiger partial charge in [0.05, 0.1) is 11.7 Å². The number of likely N-dealkylation sites (tertiary alicyclic amines) is 2. The number of thioether (sulfide) groups is 1. The molecular formula is C17H26N4OS. The summed E-state index contributed by atoms with van der Waals surface area (Å²) in [5.41, 5.74) is 0. The summed E-state index contributed by atoms with van der Waals surface area (Å²) in [4.78, 5) is 21.8. The Bertz CT molecular complexity index is 487. The second kappa shape index (κ2) is 8.66. The second-order valence-electron chi connectivity index (χ2n) is 6.31. The Morgan fingerprint density at radius 1 is 1.13 bits per heavy atom. The van der Waals surface area contributed by atoms with Crippen LogP contribution in [0.25, 0.3) is 0 Å². The van der Waals surface area contributed by atoms with E-state index in [1.54, 1.807) is 18.0 Å². The van der Waals surface area contributed by atoms with Crippen molar-refractivity contribution in [2.45, 2.75) is 36.0 Å². The number of aromatic nitrogens is 1. The SMILES string of the molecule is O=C(NCN1CCCC1)C(CN1CCCC1)Sc1ccccn1. The molecule has 0 aliphatic carbocycles. The Morgan fingerprint density at radius 2 is 1.83 bits per heavy atom. The summed E-state index contributed by atoms with van der Waals surface area (Å²) in [6.07, 6.45) is 6.77. The molecule has 1 aromatic rings. The Labute approximate surface area is 142 Å². The molecule has 0 bridgehead atoms. The molecule has 2 aliphatic rings. The highest BCUT2D eigenvalue weighted by Crippen LogP contribution is 2.23. The van der Waals surface area contributed by atoms with E-state index in [1.807, 2.05) is 18.2 Å². The number of amides is 1. The summed E-state index contributed by atoms with van der Waals surface area (Å²) in [7, 11) is 0. The number of rotatable bonds is 7. The topological polar surface area (TPSA) is 48.5 Å². The molecule has 1 N–H and O–H groups in total. The lowest BCUT2D eigenvalue weighted by Gasteiger charge is -2.23. The molecule has 0 aromatic carbocycles. The van der Waals surface area contributed by atoms with E-state index in [2.05, 4.69) is 20.1 Å². The van der Waals surface area contributed by atoms with Gasteiger partial charge in [-0.05, 0) is 64.0 Å². The van der Waals surface area contributed by atoms with Crippen LogP contribution in [0.3, 0.4) is 0 Å². The first-order valence-corrected chi connectivity index (χ1v) is 9.49. The smallest absolute Gasteiger partial charge is 0.235 e. The van der Waals surface area contributed by atoms with Crippen molar-refractivity contribution in [2.24, 2.45) is 0 Å². The van der Waals surface area contributed by atoms with Crippen molar-refractivity contribution in [1.29, 1.82) is 0 Å². The highest BCUT2D eigenvalue weighted by atomic mass is 32.2. The Kier molecular flexibility index (Phi) is 6.30. The second-order valence-corrected chi connectivity index (χ2v) is 7.53. The van der Waals surface area contributed by atoms with E-state index in [9.17, 15) is 4.79 Å². The summed E-state index contributed by atoms with van der Waals surface area (Å²) in [6, 6.07) is 5.87. The van der Waals surface area contributed by atoms with Gasteiger partial charge in [0.1, 0.15) is 5.25 Å². The van der Waals surface area contributed by atoms with Crippen molar-refractivity contribution < 1.29 is 4.79 Å². The average molecular weight is 334 g/mol. The first kappa shape index (κ1) is 16.7. The van der Waals surface area contributed by atoms with Gasteiger partial charge in [0.2, 0.25) is 5.91 Å². The summed E-state index contributed by atoms with van der Waals surface area (Å²) in [5.74, 6) is 0.138. The largest absolute Gasteiger partial charge is 0.342 e. The van der Waals surface area contributed by atoms with Crippen LogP contribution in [0.1, 0.15) is 25.7 Å². The standard InChI is InChI=1S/C17H26N4OS/c22-17(19-14-21-11-5-6-12-21)15(13-20-9-3-4-10-20)23-16-7-1-2-8-18-16/h1-2,7-8,15H,3-6,9-14H2,(H,19,22). The molecule has 126 valence electrons. The van der Waals surface area contributed by atoms with Crippen molar-refractivity contribution in [3.05, 3.63) is 24.4 Å². The average Bonchev–Trinajstić information content (AvgIpc) is 3.26. The molecule has 1 aromatic heterocycles.